The van der Waals surface area contributed by atoms with Crippen LogP contribution in [-0.2, 0) is 7.05 Å². The maximum atomic E-state index is 13.3. The molecule has 4 rings (SSSR count). The van der Waals surface area contributed by atoms with Crippen LogP contribution in [0.1, 0.15) is 0 Å². The van der Waals surface area contributed by atoms with Crippen molar-refractivity contribution in [1.82, 2.24) is 9.55 Å². The summed E-state index contributed by atoms with van der Waals surface area (Å²) in [6, 6.07) is 14.9. The SMILES string of the molecule is Cn1c2c3ccccc3nc-2cc2cc(F)ccc21. The molecule has 2 aliphatic heterocycles. The lowest BCUT2D eigenvalue weighted by Gasteiger charge is -2.12. The second kappa shape index (κ2) is 3.54. The molecule has 2 aromatic carbocycles. The summed E-state index contributed by atoms with van der Waals surface area (Å²) in [5.41, 5.74) is 3.98. The summed E-state index contributed by atoms with van der Waals surface area (Å²) in [5.74, 6) is -0.219. The van der Waals surface area contributed by atoms with Gasteiger partial charge in [0.15, 0.2) is 0 Å². The fourth-order valence-electron chi connectivity index (χ4n) is 2.76. The molecule has 0 saturated carbocycles. The highest BCUT2D eigenvalue weighted by atomic mass is 19.1. The van der Waals surface area contributed by atoms with E-state index in [1.165, 1.54) is 6.07 Å². The predicted molar refractivity (Wildman–Crippen MR) is 74.8 cm³/mol. The molecule has 0 radical (unpaired) electrons. The molecule has 0 aromatic heterocycles. The third-order valence-corrected chi connectivity index (χ3v) is 3.62. The molecule has 0 saturated heterocycles. The number of halogens is 1. The van der Waals surface area contributed by atoms with Gasteiger partial charge in [0.05, 0.1) is 16.9 Å². The van der Waals surface area contributed by atoms with E-state index in [1.54, 1.807) is 6.07 Å². The monoisotopic (exact) mass is 250 g/mol. The van der Waals surface area contributed by atoms with E-state index in [2.05, 4.69) is 15.6 Å². The van der Waals surface area contributed by atoms with Crippen molar-refractivity contribution in [3.8, 4) is 11.4 Å². The van der Waals surface area contributed by atoms with Gasteiger partial charge in [-0.2, -0.15) is 0 Å². The lowest BCUT2D eigenvalue weighted by Crippen LogP contribution is -1.98. The van der Waals surface area contributed by atoms with Gasteiger partial charge in [-0.15, -0.1) is 0 Å². The molecule has 2 heterocycles. The highest BCUT2D eigenvalue weighted by Crippen LogP contribution is 2.33. The van der Waals surface area contributed by atoms with Gasteiger partial charge in [-0.25, -0.2) is 9.37 Å². The van der Waals surface area contributed by atoms with Crippen molar-refractivity contribution in [2.45, 2.75) is 0 Å². The molecule has 0 N–H and O–H groups in total. The normalized spacial score (nSPS) is 11.7. The molecule has 0 aliphatic carbocycles. The number of pyridine rings is 1. The molecule has 0 amide bonds. The van der Waals surface area contributed by atoms with Crippen molar-refractivity contribution >= 4 is 21.8 Å². The van der Waals surface area contributed by atoms with E-state index in [0.717, 1.165) is 33.2 Å². The first-order chi connectivity index (χ1) is 9.24. The maximum absolute atomic E-state index is 13.3. The van der Waals surface area contributed by atoms with Crippen LogP contribution < -0.4 is 0 Å². The first kappa shape index (κ1) is 10.5. The van der Waals surface area contributed by atoms with Crippen LogP contribution in [0.2, 0.25) is 0 Å². The van der Waals surface area contributed by atoms with Gasteiger partial charge in [0.2, 0.25) is 0 Å². The summed E-state index contributed by atoms with van der Waals surface area (Å²) in [5, 5.41) is 2.00. The Balaban J connectivity index is 2.27. The highest BCUT2D eigenvalue weighted by Gasteiger charge is 2.15. The minimum absolute atomic E-state index is 0.219. The van der Waals surface area contributed by atoms with Crippen molar-refractivity contribution in [2.24, 2.45) is 7.05 Å². The second-order valence-electron chi connectivity index (χ2n) is 4.77. The highest BCUT2D eigenvalue weighted by molar-refractivity contribution is 5.99. The summed E-state index contributed by atoms with van der Waals surface area (Å²) in [4.78, 5) is 4.61. The number of fused-ring (bicyclic) bond motifs is 4. The van der Waals surface area contributed by atoms with Crippen LogP contribution in [0, 0.1) is 5.82 Å². The van der Waals surface area contributed by atoms with Crippen molar-refractivity contribution < 1.29 is 4.39 Å². The Labute approximate surface area is 109 Å². The summed E-state index contributed by atoms with van der Waals surface area (Å²) < 4.78 is 15.4. The summed E-state index contributed by atoms with van der Waals surface area (Å²) in [6.45, 7) is 0. The number of rotatable bonds is 0. The maximum Gasteiger partial charge on any atom is 0.123 e. The number of nitrogens with zero attached hydrogens (tertiary/aromatic N) is 2. The van der Waals surface area contributed by atoms with Crippen LogP contribution in [0.5, 0.6) is 0 Å². The number of para-hydroxylation sites is 1. The Morgan fingerprint density at radius 1 is 1.05 bits per heavy atom. The molecule has 0 spiro atoms. The Hall–Kier alpha value is -2.42. The van der Waals surface area contributed by atoms with E-state index in [4.69, 9.17) is 0 Å². The van der Waals surface area contributed by atoms with Gasteiger partial charge in [-0.05, 0) is 30.3 Å². The van der Waals surface area contributed by atoms with Crippen LogP contribution in [0.3, 0.4) is 0 Å². The lowest BCUT2D eigenvalue weighted by atomic mass is 10.1. The Kier molecular flexibility index (Phi) is 1.96. The van der Waals surface area contributed by atoms with E-state index in [0.29, 0.717) is 0 Å². The molecule has 92 valence electrons. The number of aryl methyl sites for hydroxylation is 1. The molecule has 0 fully saturated rings. The lowest BCUT2D eigenvalue weighted by molar-refractivity contribution is 0.629. The van der Waals surface area contributed by atoms with Crippen molar-refractivity contribution in [2.75, 3.05) is 0 Å². The van der Waals surface area contributed by atoms with Gasteiger partial charge in [0, 0.05) is 23.3 Å². The second-order valence-corrected chi connectivity index (χ2v) is 4.77. The molecule has 0 atom stereocenters. The van der Waals surface area contributed by atoms with Gasteiger partial charge in [-0.3, -0.25) is 0 Å². The molecule has 2 nitrogen and oxygen atoms in total. The van der Waals surface area contributed by atoms with Gasteiger partial charge in [0.25, 0.3) is 0 Å². The summed E-state index contributed by atoms with van der Waals surface area (Å²) in [7, 11) is 2.00. The average Bonchev–Trinajstić information content (AvgIpc) is 2.76. The van der Waals surface area contributed by atoms with E-state index in [1.807, 2.05) is 37.4 Å². The van der Waals surface area contributed by atoms with E-state index < -0.39 is 0 Å². The fourth-order valence-corrected chi connectivity index (χ4v) is 2.76. The Morgan fingerprint density at radius 3 is 2.79 bits per heavy atom. The van der Waals surface area contributed by atoms with Crippen LogP contribution in [0.15, 0.2) is 48.5 Å². The Bertz CT molecular complexity index is 892. The minimum atomic E-state index is -0.219. The van der Waals surface area contributed by atoms with Crippen molar-refractivity contribution in [3.63, 3.8) is 0 Å². The van der Waals surface area contributed by atoms with Crippen molar-refractivity contribution in [3.05, 3.63) is 54.3 Å². The summed E-state index contributed by atoms with van der Waals surface area (Å²) >= 11 is 0. The molecule has 3 heteroatoms. The van der Waals surface area contributed by atoms with Crippen LogP contribution in [0.25, 0.3) is 33.2 Å². The van der Waals surface area contributed by atoms with Crippen molar-refractivity contribution in [1.29, 1.82) is 0 Å². The molecular formula is C16H11FN2. The molecule has 0 bridgehead atoms. The molecular weight excluding hydrogens is 239 g/mol. The van der Waals surface area contributed by atoms with Gasteiger partial charge in [0.1, 0.15) is 5.82 Å². The fraction of sp³-hybridized carbons (Fsp3) is 0.0625. The first-order valence-electron chi connectivity index (χ1n) is 6.17. The molecule has 2 aliphatic rings. The van der Waals surface area contributed by atoms with E-state index in [-0.39, 0.29) is 5.82 Å². The van der Waals surface area contributed by atoms with Crippen LogP contribution in [0.4, 0.5) is 4.39 Å². The third-order valence-electron chi connectivity index (χ3n) is 3.62. The number of benzene rings is 2. The zero-order chi connectivity index (χ0) is 13.0. The molecule has 19 heavy (non-hydrogen) atoms. The van der Waals surface area contributed by atoms with E-state index >= 15 is 0 Å². The number of aromatic nitrogens is 2. The minimum Gasteiger partial charge on any atom is -0.342 e. The van der Waals surface area contributed by atoms with Crippen LogP contribution >= 0.6 is 0 Å². The third kappa shape index (κ3) is 1.38. The first-order valence-corrected chi connectivity index (χ1v) is 6.17. The smallest absolute Gasteiger partial charge is 0.123 e. The van der Waals surface area contributed by atoms with E-state index in [9.17, 15) is 4.39 Å². The molecule has 0 unspecified atom stereocenters. The standard InChI is InChI=1S/C16H11FN2/c1-19-15-7-6-11(17)8-10(15)9-14-16(19)12-4-2-3-5-13(12)18-14/h2-9H,1H3. The topological polar surface area (TPSA) is 17.8 Å². The van der Waals surface area contributed by atoms with Gasteiger partial charge in [-0.1, -0.05) is 18.2 Å². The number of hydrogen-bond donors (Lipinski definition) is 0. The largest absolute Gasteiger partial charge is 0.342 e. The number of hydrogen-bond acceptors (Lipinski definition) is 1. The van der Waals surface area contributed by atoms with Crippen LogP contribution in [-0.4, -0.2) is 9.55 Å². The summed E-state index contributed by atoms with van der Waals surface area (Å²) in [6.07, 6.45) is 0. The Morgan fingerprint density at radius 2 is 1.89 bits per heavy atom. The van der Waals surface area contributed by atoms with Gasteiger partial charge < -0.3 is 4.57 Å². The predicted octanol–water partition coefficient (Wildman–Crippen LogP) is 3.97. The zero-order valence-electron chi connectivity index (χ0n) is 10.4. The zero-order valence-corrected chi connectivity index (χ0v) is 10.4. The quantitative estimate of drug-likeness (QED) is 0.461. The van der Waals surface area contributed by atoms with Gasteiger partial charge >= 0.3 is 0 Å². The molecule has 2 aromatic rings. The average molecular weight is 250 g/mol.